The van der Waals surface area contributed by atoms with E-state index in [2.05, 4.69) is 0 Å². The van der Waals surface area contributed by atoms with Crippen LogP contribution in [-0.4, -0.2) is 11.6 Å². The molecule has 0 radical (unpaired) electrons. The van der Waals surface area contributed by atoms with E-state index in [9.17, 15) is 9.59 Å². The van der Waals surface area contributed by atoms with E-state index in [1.165, 1.54) is 0 Å². The summed E-state index contributed by atoms with van der Waals surface area (Å²) < 4.78 is 0. The Balaban J connectivity index is 1.78. The van der Waals surface area contributed by atoms with E-state index in [0.717, 1.165) is 30.4 Å². The first-order chi connectivity index (χ1) is 11.3. The number of ketones is 2. The summed E-state index contributed by atoms with van der Waals surface area (Å²) in [7, 11) is 0. The van der Waals surface area contributed by atoms with E-state index in [-0.39, 0.29) is 17.5 Å². The Hall–Kier alpha value is -2.48. The number of carbonyl (C=O) groups is 2. The summed E-state index contributed by atoms with van der Waals surface area (Å²) in [6.07, 6.45) is 5.31. The highest BCUT2D eigenvalue weighted by Crippen LogP contribution is 2.31. The van der Waals surface area contributed by atoms with Crippen molar-refractivity contribution < 1.29 is 9.59 Å². The molecule has 1 aliphatic carbocycles. The first-order valence-electron chi connectivity index (χ1n) is 8.14. The average Bonchev–Trinajstić information content (AvgIpc) is 2.63. The number of Topliss-reactive ketones (excluding diaryl/α,β-unsaturated/α-hetero) is 2. The minimum atomic E-state index is 0.0316. The zero-order valence-electron chi connectivity index (χ0n) is 13.1. The smallest absolute Gasteiger partial charge is 0.188 e. The van der Waals surface area contributed by atoms with Crippen LogP contribution in [0.3, 0.4) is 0 Å². The van der Waals surface area contributed by atoms with Gasteiger partial charge in [-0.3, -0.25) is 9.59 Å². The Morgan fingerprint density at radius 3 is 2.13 bits per heavy atom. The van der Waals surface area contributed by atoms with Crippen LogP contribution in [0.2, 0.25) is 0 Å². The minimum absolute atomic E-state index is 0.0316. The van der Waals surface area contributed by atoms with Gasteiger partial charge in [0.1, 0.15) is 0 Å². The third kappa shape index (κ3) is 3.65. The molecular weight excluding hydrogens is 284 g/mol. The normalized spacial score (nSPS) is 17.4. The molecule has 0 heterocycles. The van der Waals surface area contributed by atoms with Crippen molar-refractivity contribution in [3.05, 3.63) is 83.4 Å². The molecule has 2 aromatic rings. The molecule has 1 atom stereocenters. The number of hydrogen-bond acceptors (Lipinski definition) is 2. The lowest BCUT2D eigenvalue weighted by Gasteiger charge is -2.23. The van der Waals surface area contributed by atoms with E-state index in [1.807, 2.05) is 66.7 Å². The molecular formula is C21H20O2. The average molecular weight is 304 g/mol. The topological polar surface area (TPSA) is 34.1 Å². The van der Waals surface area contributed by atoms with Crippen LogP contribution >= 0.6 is 0 Å². The van der Waals surface area contributed by atoms with Gasteiger partial charge in [-0.1, -0.05) is 66.7 Å². The largest absolute Gasteiger partial charge is 0.294 e. The van der Waals surface area contributed by atoms with E-state index in [1.54, 1.807) is 0 Å². The second-order valence-electron chi connectivity index (χ2n) is 5.98. The quantitative estimate of drug-likeness (QED) is 0.739. The van der Waals surface area contributed by atoms with Crippen LogP contribution in [0.4, 0.5) is 0 Å². The number of allylic oxidation sites excluding steroid dienone is 2. The summed E-state index contributed by atoms with van der Waals surface area (Å²) in [5.74, 6) is 0.213. The summed E-state index contributed by atoms with van der Waals surface area (Å²) in [6.45, 7) is 0. The molecule has 0 aromatic heterocycles. The Bertz CT molecular complexity index is 714. The molecule has 116 valence electrons. The maximum atomic E-state index is 12.7. The lowest BCUT2D eigenvalue weighted by molar-refractivity contribution is 0.0953. The summed E-state index contributed by atoms with van der Waals surface area (Å²) >= 11 is 0. The molecule has 0 N–H and O–H groups in total. The molecule has 1 unspecified atom stereocenters. The number of rotatable bonds is 5. The third-order valence-electron chi connectivity index (χ3n) is 4.39. The zero-order valence-corrected chi connectivity index (χ0v) is 13.1. The fourth-order valence-electron chi connectivity index (χ4n) is 3.16. The van der Waals surface area contributed by atoms with Gasteiger partial charge >= 0.3 is 0 Å². The van der Waals surface area contributed by atoms with Crippen LogP contribution in [0.5, 0.6) is 0 Å². The van der Waals surface area contributed by atoms with Gasteiger partial charge in [-0.25, -0.2) is 0 Å². The molecule has 3 rings (SSSR count). The molecule has 2 heteroatoms. The van der Waals surface area contributed by atoms with E-state index in [4.69, 9.17) is 0 Å². The predicted molar refractivity (Wildman–Crippen MR) is 91.6 cm³/mol. The third-order valence-corrected chi connectivity index (χ3v) is 4.39. The fraction of sp³-hybridized carbons (Fsp3) is 0.238. The van der Waals surface area contributed by atoms with Crippen LogP contribution in [-0.2, 0) is 0 Å². The van der Waals surface area contributed by atoms with Crippen molar-refractivity contribution in [3.8, 4) is 0 Å². The zero-order chi connectivity index (χ0) is 16.1. The molecule has 0 bridgehead atoms. The van der Waals surface area contributed by atoms with Gasteiger partial charge in [-0.2, -0.15) is 0 Å². The molecule has 0 spiro atoms. The Kier molecular flexibility index (Phi) is 4.82. The summed E-state index contributed by atoms with van der Waals surface area (Å²) in [6, 6.07) is 18.7. The molecule has 2 nitrogen and oxygen atoms in total. The monoisotopic (exact) mass is 304 g/mol. The van der Waals surface area contributed by atoms with Crippen LogP contribution in [0.15, 0.2) is 72.3 Å². The second kappa shape index (κ2) is 7.19. The van der Waals surface area contributed by atoms with Crippen molar-refractivity contribution >= 4 is 11.6 Å². The predicted octanol–water partition coefficient (Wildman–Crippen LogP) is 4.87. The number of hydrogen-bond donors (Lipinski definition) is 0. The molecule has 0 saturated heterocycles. The highest BCUT2D eigenvalue weighted by Gasteiger charge is 2.26. The first kappa shape index (κ1) is 15.4. The lowest BCUT2D eigenvalue weighted by atomic mass is 9.80. The van der Waals surface area contributed by atoms with Crippen LogP contribution < -0.4 is 0 Å². The first-order valence-corrected chi connectivity index (χ1v) is 8.14. The van der Waals surface area contributed by atoms with Crippen LogP contribution in [0, 0.1) is 5.92 Å². The minimum Gasteiger partial charge on any atom is -0.294 e. The molecule has 23 heavy (non-hydrogen) atoms. The molecule has 2 aromatic carbocycles. The maximum Gasteiger partial charge on any atom is 0.188 e. The van der Waals surface area contributed by atoms with Crippen molar-refractivity contribution in [1.29, 1.82) is 0 Å². The van der Waals surface area contributed by atoms with E-state index < -0.39 is 0 Å². The van der Waals surface area contributed by atoms with Crippen molar-refractivity contribution in [1.82, 2.24) is 0 Å². The van der Waals surface area contributed by atoms with Crippen LogP contribution in [0.1, 0.15) is 46.4 Å². The summed E-state index contributed by atoms with van der Waals surface area (Å²) in [5.41, 5.74) is 2.24. The van der Waals surface area contributed by atoms with Gasteiger partial charge in [0.2, 0.25) is 0 Å². The van der Waals surface area contributed by atoms with Gasteiger partial charge in [0, 0.05) is 17.5 Å². The summed E-state index contributed by atoms with van der Waals surface area (Å²) in [4.78, 5) is 25.2. The van der Waals surface area contributed by atoms with Crippen molar-refractivity contribution in [3.63, 3.8) is 0 Å². The Morgan fingerprint density at radius 1 is 0.870 bits per heavy atom. The number of carbonyl (C=O) groups excluding carboxylic acids is 2. The van der Waals surface area contributed by atoms with Crippen molar-refractivity contribution in [2.24, 2.45) is 5.92 Å². The Labute approximate surface area is 136 Å². The van der Waals surface area contributed by atoms with Gasteiger partial charge in [-0.15, -0.1) is 0 Å². The maximum absolute atomic E-state index is 12.7. The Morgan fingerprint density at radius 2 is 1.48 bits per heavy atom. The molecule has 0 aliphatic heterocycles. The molecule has 0 saturated carbocycles. The highest BCUT2D eigenvalue weighted by atomic mass is 16.1. The SMILES string of the molecule is O=C(CC1CCCC=C1C(=O)c1ccccc1)c1ccccc1. The van der Waals surface area contributed by atoms with Gasteiger partial charge in [0.25, 0.3) is 0 Å². The highest BCUT2D eigenvalue weighted by molar-refractivity contribution is 6.09. The van der Waals surface area contributed by atoms with Crippen molar-refractivity contribution in [2.45, 2.75) is 25.7 Å². The van der Waals surface area contributed by atoms with Gasteiger partial charge in [0.15, 0.2) is 11.6 Å². The number of benzene rings is 2. The van der Waals surface area contributed by atoms with E-state index >= 15 is 0 Å². The molecule has 0 fully saturated rings. The second-order valence-corrected chi connectivity index (χ2v) is 5.98. The standard InChI is InChI=1S/C21H20O2/c22-20(16-9-3-1-4-10-16)15-18-13-7-8-14-19(18)21(23)17-11-5-2-6-12-17/h1-6,9-12,14,18H,7-8,13,15H2. The van der Waals surface area contributed by atoms with Gasteiger partial charge in [-0.05, 0) is 30.8 Å². The van der Waals surface area contributed by atoms with Crippen molar-refractivity contribution in [2.75, 3.05) is 0 Å². The molecule has 1 aliphatic rings. The van der Waals surface area contributed by atoms with Gasteiger partial charge in [0.05, 0.1) is 0 Å². The van der Waals surface area contributed by atoms with E-state index in [0.29, 0.717) is 12.0 Å². The van der Waals surface area contributed by atoms with Gasteiger partial charge < -0.3 is 0 Å². The summed E-state index contributed by atoms with van der Waals surface area (Å²) in [5, 5.41) is 0. The lowest BCUT2D eigenvalue weighted by Crippen LogP contribution is -2.20. The molecule has 0 amide bonds. The fourth-order valence-corrected chi connectivity index (χ4v) is 3.16. The van der Waals surface area contributed by atoms with Crippen LogP contribution in [0.25, 0.3) is 0 Å².